The van der Waals surface area contributed by atoms with Crippen LogP contribution in [0.5, 0.6) is 0 Å². The molecule has 15 heavy (non-hydrogen) atoms. The lowest BCUT2D eigenvalue weighted by Crippen LogP contribution is -2.38. The van der Waals surface area contributed by atoms with Crippen LogP contribution in [0.3, 0.4) is 0 Å². The quantitative estimate of drug-likeness (QED) is 0.814. The Labute approximate surface area is 92.5 Å². The number of likely N-dealkylation sites (N-methyl/N-ethyl adjacent to an activating group) is 1. The van der Waals surface area contributed by atoms with E-state index in [0.717, 1.165) is 12.2 Å². The molecule has 0 spiro atoms. The highest BCUT2D eigenvalue weighted by Gasteiger charge is 2.15. The molecular weight excluding hydrogens is 186 g/mol. The van der Waals surface area contributed by atoms with Crippen molar-refractivity contribution < 1.29 is 0 Å². The third kappa shape index (κ3) is 3.51. The Morgan fingerprint density at radius 3 is 2.40 bits per heavy atom. The molecule has 3 nitrogen and oxygen atoms in total. The fourth-order valence-electron chi connectivity index (χ4n) is 1.38. The van der Waals surface area contributed by atoms with Crippen molar-refractivity contribution in [1.29, 1.82) is 0 Å². The molecule has 0 amide bonds. The molecule has 84 valence electrons. The van der Waals surface area contributed by atoms with E-state index in [9.17, 15) is 0 Å². The monoisotopic (exact) mass is 207 g/mol. The molecule has 3 heteroatoms. The average molecular weight is 207 g/mol. The fraction of sp³-hybridized carbons (Fsp3) is 0.583. The Bertz CT molecular complexity index is 301. The van der Waals surface area contributed by atoms with Crippen molar-refractivity contribution in [2.75, 3.05) is 26.0 Å². The molecule has 0 aliphatic heterocycles. The maximum absolute atomic E-state index is 4.39. The van der Waals surface area contributed by atoms with Crippen LogP contribution in [0.2, 0.25) is 0 Å². The Kier molecular flexibility index (Phi) is 3.69. The van der Waals surface area contributed by atoms with Crippen molar-refractivity contribution in [3.05, 3.63) is 23.9 Å². The molecule has 0 saturated carbocycles. The zero-order valence-electron chi connectivity index (χ0n) is 10.3. The second-order valence-corrected chi connectivity index (χ2v) is 4.73. The molecule has 0 bridgehead atoms. The molecule has 0 atom stereocenters. The molecule has 0 aliphatic carbocycles. The number of aromatic nitrogens is 1. The van der Waals surface area contributed by atoms with Gasteiger partial charge < -0.3 is 10.2 Å². The summed E-state index contributed by atoms with van der Waals surface area (Å²) in [5.41, 5.74) is 1.39. The van der Waals surface area contributed by atoms with Crippen LogP contribution in [0.4, 0.5) is 5.82 Å². The first kappa shape index (κ1) is 12.0. The average Bonchev–Trinajstić information content (AvgIpc) is 2.18. The van der Waals surface area contributed by atoms with Crippen LogP contribution in [-0.2, 0) is 6.42 Å². The lowest BCUT2D eigenvalue weighted by molar-refractivity contribution is 0.421. The van der Waals surface area contributed by atoms with E-state index in [2.05, 4.69) is 36.3 Å². The van der Waals surface area contributed by atoms with Crippen LogP contribution >= 0.6 is 0 Å². The van der Waals surface area contributed by atoms with Crippen molar-refractivity contribution in [3.8, 4) is 0 Å². The first-order chi connectivity index (χ1) is 6.94. The van der Waals surface area contributed by atoms with Gasteiger partial charge in [0.15, 0.2) is 0 Å². The molecule has 1 aromatic rings. The number of hydrogen-bond donors (Lipinski definition) is 1. The van der Waals surface area contributed by atoms with Crippen molar-refractivity contribution in [1.82, 2.24) is 10.3 Å². The summed E-state index contributed by atoms with van der Waals surface area (Å²) in [4.78, 5) is 6.40. The number of rotatable bonds is 4. The van der Waals surface area contributed by atoms with Gasteiger partial charge in [0.05, 0.1) is 0 Å². The van der Waals surface area contributed by atoms with Crippen LogP contribution in [0.25, 0.3) is 0 Å². The van der Waals surface area contributed by atoms with E-state index < -0.39 is 0 Å². The molecule has 0 radical (unpaired) electrons. The largest absolute Gasteiger partial charge is 0.363 e. The van der Waals surface area contributed by atoms with Crippen LogP contribution in [0.1, 0.15) is 19.4 Å². The number of hydrogen-bond acceptors (Lipinski definition) is 3. The van der Waals surface area contributed by atoms with Gasteiger partial charge in [-0.3, -0.25) is 0 Å². The molecule has 1 aromatic heterocycles. The summed E-state index contributed by atoms with van der Waals surface area (Å²) in [7, 11) is 5.99. The Morgan fingerprint density at radius 2 is 2.00 bits per heavy atom. The van der Waals surface area contributed by atoms with Gasteiger partial charge in [-0.1, -0.05) is 6.07 Å². The standard InChI is InChI=1S/C12H21N3/c1-12(2,13-3)8-10-6-7-11(14-9-10)15(4)5/h6-7,9,13H,8H2,1-5H3. The maximum Gasteiger partial charge on any atom is 0.127 e. The first-order valence-electron chi connectivity index (χ1n) is 5.26. The second kappa shape index (κ2) is 4.62. The minimum atomic E-state index is 0.126. The maximum atomic E-state index is 4.39. The predicted octanol–water partition coefficient (Wildman–Crippen LogP) is 1.69. The summed E-state index contributed by atoms with van der Waals surface area (Å²) in [6.07, 6.45) is 2.94. The summed E-state index contributed by atoms with van der Waals surface area (Å²) >= 11 is 0. The van der Waals surface area contributed by atoms with Gasteiger partial charge in [-0.25, -0.2) is 4.98 Å². The zero-order valence-corrected chi connectivity index (χ0v) is 10.3. The van der Waals surface area contributed by atoms with E-state index in [1.54, 1.807) is 0 Å². The number of pyridine rings is 1. The third-order valence-corrected chi connectivity index (χ3v) is 2.59. The van der Waals surface area contributed by atoms with E-state index in [1.165, 1.54) is 5.56 Å². The molecule has 0 aliphatic rings. The van der Waals surface area contributed by atoms with Crippen molar-refractivity contribution in [3.63, 3.8) is 0 Å². The summed E-state index contributed by atoms with van der Waals surface area (Å²) in [5.74, 6) is 1.00. The third-order valence-electron chi connectivity index (χ3n) is 2.59. The fourth-order valence-corrected chi connectivity index (χ4v) is 1.38. The van der Waals surface area contributed by atoms with Crippen molar-refractivity contribution in [2.24, 2.45) is 0 Å². The minimum Gasteiger partial charge on any atom is -0.363 e. The van der Waals surface area contributed by atoms with Crippen LogP contribution in [-0.4, -0.2) is 31.7 Å². The lowest BCUT2D eigenvalue weighted by atomic mass is 9.96. The number of anilines is 1. The molecule has 1 heterocycles. The van der Waals surface area contributed by atoms with Crippen molar-refractivity contribution >= 4 is 5.82 Å². The van der Waals surface area contributed by atoms with Gasteiger partial charge in [0.25, 0.3) is 0 Å². The van der Waals surface area contributed by atoms with Crippen LogP contribution < -0.4 is 10.2 Å². The van der Waals surface area contributed by atoms with Gasteiger partial charge in [-0.05, 0) is 38.9 Å². The molecule has 0 saturated heterocycles. The summed E-state index contributed by atoms with van der Waals surface area (Å²) in [6.45, 7) is 4.37. The van der Waals surface area contributed by atoms with E-state index in [-0.39, 0.29) is 5.54 Å². The topological polar surface area (TPSA) is 28.2 Å². The van der Waals surface area contributed by atoms with Gasteiger partial charge in [0.1, 0.15) is 5.82 Å². The molecular formula is C12H21N3. The van der Waals surface area contributed by atoms with E-state index in [4.69, 9.17) is 0 Å². The second-order valence-electron chi connectivity index (χ2n) is 4.73. The number of nitrogens with one attached hydrogen (secondary N) is 1. The lowest BCUT2D eigenvalue weighted by Gasteiger charge is -2.24. The molecule has 1 N–H and O–H groups in total. The van der Waals surface area contributed by atoms with Crippen LogP contribution in [0, 0.1) is 0 Å². The summed E-state index contributed by atoms with van der Waals surface area (Å²) < 4.78 is 0. The highest BCUT2D eigenvalue weighted by Crippen LogP contribution is 2.13. The van der Waals surface area contributed by atoms with E-state index in [1.807, 2.05) is 32.2 Å². The smallest absolute Gasteiger partial charge is 0.127 e. The predicted molar refractivity (Wildman–Crippen MR) is 65.4 cm³/mol. The van der Waals surface area contributed by atoms with E-state index >= 15 is 0 Å². The molecule has 0 unspecified atom stereocenters. The van der Waals surface area contributed by atoms with Gasteiger partial charge >= 0.3 is 0 Å². The SMILES string of the molecule is CNC(C)(C)Cc1ccc(N(C)C)nc1. The number of nitrogens with zero attached hydrogens (tertiary/aromatic N) is 2. The normalized spacial score (nSPS) is 11.5. The Hall–Kier alpha value is -1.09. The Balaban J connectivity index is 2.73. The van der Waals surface area contributed by atoms with Gasteiger partial charge in [0.2, 0.25) is 0 Å². The highest BCUT2D eigenvalue weighted by molar-refractivity contribution is 5.37. The Morgan fingerprint density at radius 1 is 1.33 bits per heavy atom. The summed E-state index contributed by atoms with van der Waals surface area (Å²) in [5, 5.41) is 3.29. The highest BCUT2D eigenvalue weighted by atomic mass is 15.1. The van der Waals surface area contributed by atoms with Crippen LogP contribution in [0.15, 0.2) is 18.3 Å². The zero-order chi connectivity index (χ0) is 11.5. The van der Waals surface area contributed by atoms with Gasteiger partial charge in [-0.15, -0.1) is 0 Å². The molecule has 1 rings (SSSR count). The minimum absolute atomic E-state index is 0.126. The van der Waals surface area contributed by atoms with Gasteiger partial charge in [0, 0.05) is 25.8 Å². The molecule has 0 aromatic carbocycles. The first-order valence-corrected chi connectivity index (χ1v) is 5.26. The van der Waals surface area contributed by atoms with Gasteiger partial charge in [-0.2, -0.15) is 0 Å². The van der Waals surface area contributed by atoms with Crippen molar-refractivity contribution in [2.45, 2.75) is 25.8 Å². The molecule has 0 fully saturated rings. The summed E-state index contributed by atoms with van der Waals surface area (Å²) in [6, 6.07) is 4.20. The van der Waals surface area contributed by atoms with E-state index in [0.29, 0.717) is 0 Å².